The second-order valence-electron chi connectivity index (χ2n) is 9.99. The number of morpholine rings is 1. The molecule has 5 aliphatic rings. The zero-order valence-corrected chi connectivity index (χ0v) is 20.2. The van der Waals surface area contributed by atoms with Crippen LogP contribution in [-0.4, -0.2) is 75.7 Å². The maximum Gasteiger partial charge on any atom is 0.277 e. The number of carbonyl (C=O) groups excluding carboxylic acids is 1. The van der Waals surface area contributed by atoms with Crippen LogP contribution in [0.15, 0.2) is 60.1 Å². The van der Waals surface area contributed by atoms with Crippen LogP contribution in [0.3, 0.4) is 0 Å². The number of hydrogen-bond donors (Lipinski definition) is 2. The number of hydrazine groups is 1. The third kappa shape index (κ3) is 3.16. The molecular weight excluding hydrogens is 479 g/mol. The van der Waals surface area contributed by atoms with E-state index in [9.17, 15) is 15.0 Å². The average Bonchev–Trinajstić information content (AvgIpc) is 3.05. The van der Waals surface area contributed by atoms with Crippen molar-refractivity contribution in [2.24, 2.45) is 0 Å². The third-order valence-corrected chi connectivity index (χ3v) is 7.95. The smallest absolute Gasteiger partial charge is 0.277 e. The summed E-state index contributed by atoms with van der Waals surface area (Å²) in [6.45, 7) is 3.84. The highest BCUT2D eigenvalue weighted by molar-refractivity contribution is 5.95. The van der Waals surface area contributed by atoms with Crippen LogP contribution in [0.25, 0.3) is 0 Å². The van der Waals surface area contributed by atoms with Gasteiger partial charge in [-0.3, -0.25) is 9.80 Å². The van der Waals surface area contributed by atoms with Gasteiger partial charge in [0.25, 0.3) is 5.91 Å². The zero-order valence-electron chi connectivity index (χ0n) is 20.2. The molecule has 37 heavy (non-hydrogen) atoms. The summed E-state index contributed by atoms with van der Waals surface area (Å²) in [5, 5.41) is 24.8. The van der Waals surface area contributed by atoms with Gasteiger partial charge in [-0.25, -0.2) is 4.39 Å². The molecule has 0 aromatic heterocycles. The summed E-state index contributed by atoms with van der Waals surface area (Å²) >= 11 is 0. The molecule has 5 aliphatic heterocycles. The van der Waals surface area contributed by atoms with Gasteiger partial charge in [0.05, 0.1) is 31.0 Å². The van der Waals surface area contributed by atoms with Crippen molar-refractivity contribution in [3.05, 3.63) is 82.6 Å². The first kappa shape index (κ1) is 22.6. The normalized spacial score (nSPS) is 28.7. The monoisotopic (exact) mass is 506 g/mol. The minimum atomic E-state index is -1.29. The van der Waals surface area contributed by atoms with E-state index >= 15 is 4.39 Å². The van der Waals surface area contributed by atoms with E-state index in [2.05, 4.69) is 11.8 Å². The molecule has 0 spiro atoms. The van der Waals surface area contributed by atoms with Gasteiger partial charge < -0.3 is 29.5 Å². The highest BCUT2D eigenvalue weighted by Crippen LogP contribution is 2.50. The van der Waals surface area contributed by atoms with E-state index < -0.39 is 24.1 Å². The number of para-hydroxylation sites is 1. The molecule has 2 aromatic carbocycles. The van der Waals surface area contributed by atoms with Gasteiger partial charge in [0, 0.05) is 30.4 Å². The van der Waals surface area contributed by atoms with Crippen LogP contribution in [0.2, 0.25) is 0 Å². The number of aliphatic hydroxyl groups is 2. The van der Waals surface area contributed by atoms with Crippen LogP contribution in [0.4, 0.5) is 10.1 Å². The number of aliphatic hydroxyl groups excluding tert-OH is 2. The summed E-state index contributed by atoms with van der Waals surface area (Å²) in [7, 11) is 0. The van der Waals surface area contributed by atoms with Crippen molar-refractivity contribution in [2.45, 2.75) is 37.8 Å². The number of hydrogen-bond acceptors (Lipinski definition) is 8. The van der Waals surface area contributed by atoms with Gasteiger partial charge in [-0.1, -0.05) is 24.3 Å². The van der Waals surface area contributed by atoms with Crippen LogP contribution >= 0.6 is 0 Å². The van der Waals surface area contributed by atoms with E-state index in [1.165, 1.54) is 12.1 Å². The Morgan fingerprint density at radius 2 is 1.89 bits per heavy atom. The Balaban J connectivity index is 1.51. The fourth-order valence-electron chi connectivity index (χ4n) is 6.17. The van der Waals surface area contributed by atoms with Crippen molar-refractivity contribution >= 4 is 11.6 Å². The summed E-state index contributed by atoms with van der Waals surface area (Å²) in [4.78, 5) is 17.4. The van der Waals surface area contributed by atoms with Crippen molar-refractivity contribution < 1.29 is 28.9 Å². The minimum Gasteiger partial charge on any atom is -0.507 e. The van der Waals surface area contributed by atoms with E-state index in [1.54, 1.807) is 22.2 Å². The van der Waals surface area contributed by atoms with E-state index in [0.717, 1.165) is 22.6 Å². The highest BCUT2D eigenvalue weighted by Gasteiger charge is 2.51. The van der Waals surface area contributed by atoms with Crippen molar-refractivity contribution in [1.29, 1.82) is 0 Å². The molecule has 4 atom stereocenters. The van der Waals surface area contributed by atoms with Crippen molar-refractivity contribution in [1.82, 2.24) is 14.9 Å². The lowest BCUT2D eigenvalue weighted by atomic mass is 9.92. The summed E-state index contributed by atoms with van der Waals surface area (Å²) < 4.78 is 27.5. The molecule has 7 rings (SSSR count). The fraction of sp³-hybridized carbons (Fsp3) is 0.370. The molecule has 2 saturated heterocycles. The van der Waals surface area contributed by atoms with Crippen LogP contribution in [0.5, 0.6) is 5.75 Å². The zero-order chi connectivity index (χ0) is 25.4. The van der Waals surface area contributed by atoms with Crippen LogP contribution in [0, 0.1) is 5.82 Å². The van der Waals surface area contributed by atoms with Gasteiger partial charge in [-0.2, -0.15) is 5.01 Å². The van der Waals surface area contributed by atoms with Gasteiger partial charge in [0.2, 0.25) is 0 Å². The van der Waals surface area contributed by atoms with Crippen LogP contribution in [0.1, 0.15) is 29.7 Å². The number of ether oxygens (including phenoxy) is 2. The Morgan fingerprint density at radius 1 is 1.08 bits per heavy atom. The molecule has 0 radical (unpaired) electrons. The number of rotatable bonds is 1. The number of halogens is 1. The van der Waals surface area contributed by atoms with Gasteiger partial charge in [0.1, 0.15) is 30.4 Å². The summed E-state index contributed by atoms with van der Waals surface area (Å²) in [5.41, 5.74) is 3.10. The third-order valence-electron chi connectivity index (χ3n) is 7.95. The first-order chi connectivity index (χ1) is 18.0. The fourth-order valence-corrected chi connectivity index (χ4v) is 6.17. The van der Waals surface area contributed by atoms with Crippen LogP contribution < -0.4 is 9.64 Å². The molecule has 2 N–H and O–H groups in total. The molecule has 0 saturated carbocycles. The maximum atomic E-state index is 15.5. The van der Waals surface area contributed by atoms with Crippen molar-refractivity contribution in [2.75, 3.05) is 31.3 Å². The molecule has 4 unspecified atom stereocenters. The van der Waals surface area contributed by atoms with Crippen molar-refractivity contribution in [3.63, 3.8) is 0 Å². The second kappa shape index (κ2) is 8.20. The lowest BCUT2D eigenvalue weighted by molar-refractivity contribution is -0.190. The SMILES string of the molecule is CC1COc2cccc3c2N1Cc1c(F)cccc1C3N1C2COCCN2C(=O)C2=C(O)C(O)C=CN21. The summed E-state index contributed by atoms with van der Waals surface area (Å²) in [6.07, 6.45) is 1.21. The highest BCUT2D eigenvalue weighted by atomic mass is 19.1. The minimum absolute atomic E-state index is 0.0124. The molecule has 2 fully saturated rings. The Kier molecular flexibility index (Phi) is 5.01. The standard InChI is InChI=1S/C27H27FN4O5/c1-15-13-37-21-7-3-5-17-23(16-4-2-6-19(28)18(16)12-30(15)24(17)21)32-22-14-36-11-10-29(22)27(35)25-26(34)20(33)8-9-31(25)32/h2-9,15,20,22-23,33-34H,10-14H2,1H3. The Bertz CT molecular complexity index is 1360. The molecule has 5 heterocycles. The quantitative estimate of drug-likeness (QED) is 0.610. The molecule has 192 valence electrons. The average molecular weight is 507 g/mol. The number of nitrogens with zero attached hydrogens (tertiary/aromatic N) is 4. The van der Waals surface area contributed by atoms with Crippen molar-refractivity contribution in [3.8, 4) is 5.75 Å². The number of carbonyl (C=O) groups is 1. The van der Waals surface area contributed by atoms with Gasteiger partial charge in [0.15, 0.2) is 11.5 Å². The molecule has 9 nitrogen and oxygen atoms in total. The summed E-state index contributed by atoms with van der Waals surface area (Å²) in [5.74, 6) is -0.373. The molecule has 10 heteroatoms. The number of fused-ring (bicyclic) bond motifs is 3. The number of amides is 1. The molecular formula is C27H27FN4O5. The predicted molar refractivity (Wildman–Crippen MR) is 131 cm³/mol. The first-order valence-electron chi connectivity index (χ1n) is 12.5. The molecule has 0 aliphatic carbocycles. The first-order valence-corrected chi connectivity index (χ1v) is 12.5. The van der Waals surface area contributed by atoms with Gasteiger partial charge in [-0.05, 0) is 30.7 Å². The number of anilines is 1. The molecule has 0 bridgehead atoms. The van der Waals surface area contributed by atoms with E-state index in [1.807, 2.05) is 29.3 Å². The second-order valence-corrected chi connectivity index (χ2v) is 9.99. The topological polar surface area (TPSA) is 89.0 Å². The molecule has 2 aromatic rings. The lowest BCUT2D eigenvalue weighted by Crippen LogP contribution is -2.67. The Labute approximate surface area is 213 Å². The molecule has 1 amide bonds. The lowest BCUT2D eigenvalue weighted by Gasteiger charge is -2.55. The number of benzene rings is 2. The van der Waals surface area contributed by atoms with Gasteiger partial charge in [-0.15, -0.1) is 0 Å². The summed E-state index contributed by atoms with van der Waals surface area (Å²) in [6, 6.07) is 10.4. The van der Waals surface area contributed by atoms with Crippen LogP contribution in [-0.2, 0) is 16.1 Å². The Morgan fingerprint density at radius 3 is 2.76 bits per heavy atom. The van der Waals surface area contributed by atoms with Gasteiger partial charge >= 0.3 is 0 Å². The Hall–Kier alpha value is -3.60. The predicted octanol–water partition coefficient (Wildman–Crippen LogP) is 2.39. The van der Waals surface area contributed by atoms with E-state index in [-0.39, 0.29) is 30.1 Å². The maximum absolute atomic E-state index is 15.5. The van der Waals surface area contributed by atoms with E-state index in [0.29, 0.717) is 31.9 Å². The largest absolute Gasteiger partial charge is 0.507 e. The van der Waals surface area contributed by atoms with E-state index in [4.69, 9.17) is 9.47 Å².